The van der Waals surface area contributed by atoms with E-state index in [0.717, 1.165) is 11.1 Å². The summed E-state index contributed by atoms with van der Waals surface area (Å²) in [6.45, 7) is 3.95. The molecule has 7 heteroatoms. The Labute approximate surface area is 154 Å². The first-order valence-electron chi connectivity index (χ1n) is 8.72. The zero-order valence-electron chi connectivity index (χ0n) is 15.2. The Morgan fingerprint density at radius 1 is 1.35 bits per heavy atom. The molecular formula is C19H25NO5S. The fourth-order valence-corrected chi connectivity index (χ4v) is 4.71. The average molecular weight is 379 g/mol. The second kappa shape index (κ2) is 8.98. The Balaban J connectivity index is 1.89. The van der Waals surface area contributed by atoms with Crippen LogP contribution < -0.4 is 0 Å². The molecular weight excluding hydrogens is 354 g/mol. The smallest absolute Gasteiger partial charge is 0.331 e. The summed E-state index contributed by atoms with van der Waals surface area (Å²) in [7, 11) is -3.08. The molecule has 26 heavy (non-hydrogen) atoms. The maximum atomic E-state index is 12.4. The minimum absolute atomic E-state index is 0.0139. The van der Waals surface area contributed by atoms with Crippen molar-refractivity contribution in [3.05, 3.63) is 41.5 Å². The van der Waals surface area contributed by atoms with Crippen LogP contribution >= 0.6 is 0 Å². The highest BCUT2D eigenvalue weighted by Crippen LogP contribution is 2.18. The summed E-state index contributed by atoms with van der Waals surface area (Å²) in [5.74, 6) is -0.869. The number of carbonyl (C=O) groups excluding carboxylic acids is 2. The standard InChI is InChI=1S/C19H25NO5S/c1-3-10-20(17-9-11-26(23,24)14-17)18(21)13-25-19(22)8-7-16-6-4-5-15(2)12-16/h4-8,12,17H,3,9-11,13-14H2,1-2H3/b8-7+/t17-/m0/s1. The number of nitrogens with zero attached hydrogens (tertiary/aromatic N) is 1. The minimum atomic E-state index is -3.08. The number of hydrogen-bond donors (Lipinski definition) is 0. The first-order chi connectivity index (χ1) is 12.3. The van der Waals surface area contributed by atoms with E-state index in [1.54, 1.807) is 6.08 Å². The summed E-state index contributed by atoms with van der Waals surface area (Å²) >= 11 is 0. The Kier molecular flexibility index (Phi) is 6.97. The number of esters is 1. The van der Waals surface area contributed by atoms with Crippen LogP contribution in [0, 0.1) is 6.92 Å². The zero-order valence-corrected chi connectivity index (χ0v) is 16.0. The van der Waals surface area contributed by atoms with Crippen LogP contribution in [0.2, 0.25) is 0 Å². The molecule has 1 aliphatic rings. The number of amides is 1. The molecule has 1 saturated heterocycles. The van der Waals surface area contributed by atoms with Gasteiger partial charge in [0, 0.05) is 18.7 Å². The lowest BCUT2D eigenvalue weighted by Gasteiger charge is -2.27. The molecule has 0 N–H and O–H groups in total. The normalized spacial score (nSPS) is 18.8. The fraction of sp³-hybridized carbons (Fsp3) is 0.474. The number of sulfone groups is 1. The van der Waals surface area contributed by atoms with Crippen molar-refractivity contribution in [2.75, 3.05) is 24.7 Å². The van der Waals surface area contributed by atoms with E-state index in [0.29, 0.717) is 19.4 Å². The van der Waals surface area contributed by atoms with Crippen molar-refractivity contribution in [2.24, 2.45) is 0 Å². The van der Waals surface area contributed by atoms with E-state index >= 15 is 0 Å². The predicted octanol–water partition coefficient (Wildman–Crippen LogP) is 1.98. The summed E-state index contributed by atoms with van der Waals surface area (Å²) < 4.78 is 28.3. The van der Waals surface area contributed by atoms with E-state index in [1.807, 2.05) is 38.1 Å². The number of aryl methyl sites for hydroxylation is 1. The first kappa shape index (κ1) is 20.2. The average Bonchev–Trinajstić information content (AvgIpc) is 2.95. The quantitative estimate of drug-likeness (QED) is 0.534. The third-order valence-corrected chi connectivity index (χ3v) is 5.98. The van der Waals surface area contributed by atoms with Crippen molar-refractivity contribution < 1.29 is 22.7 Å². The molecule has 0 spiro atoms. The van der Waals surface area contributed by atoms with Crippen LogP contribution in [0.15, 0.2) is 30.3 Å². The van der Waals surface area contributed by atoms with Crippen LogP contribution in [-0.4, -0.2) is 55.9 Å². The van der Waals surface area contributed by atoms with Crippen molar-refractivity contribution in [3.63, 3.8) is 0 Å². The Hall–Kier alpha value is -2.15. The zero-order chi connectivity index (χ0) is 19.2. The Morgan fingerprint density at radius 3 is 2.73 bits per heavy atom. The molecule has 1 aromatic carbocycles. The molecule has 1 atom stereocenters. The molecule has 142 valence electrons. The topological polar surface area (TPSA) is 80.8 Å². The molecule has 2 rings (SSSR count). The maximum absolute atomic E-state index is 12.4. The van der Waals surface area contributed by atoms with E-state index in [9.17, 15) is 18.0 Å². The molecule has 1 aromatic rings. The van der Waals surface area contributed by atoms with Crippen LogP contribution in [0.1, 0.15) is 30.9 Å². The predicted molar refractivity (Wildman–Crippen MR) is 100 cm³/mol. The number of benzene rings is 1. The molecule has 1 aliphatic heterocycles. The van der Waals surface area contributed by atoms with Crippen molar-refractivity contribution >= 4 is 27.8 Å². The Bertz CT molecular complexity index is 785. The van der Waals surface area contributed by atoms with Crippen LogP contribution in [-0.2, 0) is 24.2 Å². The first-order valence-corrected chi connectivity index (χ1v) is 10.5. The fourth-order valence-electron chi connectivity index (χ4n) is 2.97. The number of rotatable bonds is 7. The summed E-state index contributed by atoms with van der Waals surface area (Å²) in [5, 5.41) is 0. The lowest BCUT2D eigenvalue weighted by molar-refractivity contribution is -0.149. The molecule has 0 saturated carbocycles. The lowest BCUT2D eigenvalue weighted by atomic mass is 10.1. The monoisotopic (exact) mass is 379 g/mol. The molecule has 1 amide bonds. The highest BCUT2D eigenvalue weighted by atomic mass is 32.2. The van der Waals surface area contributed by atoms with Gasteiger partial charge in [-0.1, -0.05) is 36.8 Å². The van der Waals surface area contributed by atoms with Crippen LogP contribution in [0.5, 0.6) is 0 Å². The number of hydrogen-bond acceptors (Lipinski definition) is 5. The van der Waals surface area contributed by atoms with Gasteiger partial charge in [0.05, 0.1) is 11.5 Å². The number of ether oxygens (including phenoxy) is 1. The van der Waals surface area contributed by atoms with Crippen molar-refractivity contribution in [3.8, 4) is 0 Å². The van der Waals surface area contributed by atoms with E-state index in [4.69, 9.17) is 4.74 Å². The highest BCUT2D eigenvalue weighted by Gasteiger charge is 2.34. The highest BCUT2D eigenvalue weighted by molar-refractivity contribution is 7.91. The van der Waals surface area contributed by atoms with E-state index in [1.165, 1.54) is 11.0 Å². The van der Waals surface area contributed by atoms with Crippen molar-refractivity contribution in [2.45, 2.75) is 32.7 Å². The Morgan fingerprint density at radius 2 is 2.12 bits per heavy atom. The largest absolute Gasteiger partial charge is 0.452 e. The molecule has 0 aromatic heterocycles. The third kappa shape index (κ3) is 5.98. The molecule has 6 nitrogen and oxygen atoms in total. The van der Waals surface area contributed by atoms with Crippen LogP contribution in [0.25, 0.3) is 6.08 Å². The minimum Gasteiger partial charge on any atom is -0.452 e. The van der Waals surface area contributed by atoms with Gasteiger partial charge >= 0.3 is 5.97 Å². The molecule has 0 unspecified atom stereocenters. The van der Waals surface area contributed by atoms with Gasteiger partial charge in [0.25, 0.3) is 5.91 Å². The van der Waals surface area contributed by atoms with Crippen LogP contribution in [0.3, 0.4) is 0 Å². The molecule has 1 heterocycles. The maximum Gasteiger partial charge on any atom is 0.331 e. The van der Waals surface area contributed by atoms with Gasteiger partial charge in [-0.2, -0.15) is 0 Å². The van der Waals surface area contributed by atoms with E-state index < -0.39 is 15.8 Å². The van der Waals surface area contributed by atoms with Gasteiger partial charge in [-0.05, 0) is 31.4 Å². The SMILES string of the molecule is CCCN(C(=O)COC(=O)/C=C/c1cccc(C)c1)[C@H]1CCS(=O)(=O)C1. The molecule has 1 fully saturated rings. The molecule has 0 aliphatic carbocycles. The number of carbonyl (C=O) groups is 2. The van der Waals surface area contributed by atoms with Gasteiger partial charge in [-0.3, -0.25) is 4.79 Å². The van der Waals surface area contributed by atoms with E-state index in [2.05, 4.69) is 0 Å². The summed E-state index contributed by atoms with van der Waals surface area (Å²) in [5.41, 5.74) is 1.95. The van der Waals surface area contributed by atoms with Crippen molar-refractivity contribution in [1.82, 2.24) is 4.90 Å². The summed E-state index contributed by atoms with van der Waals surface area (Å²) in [6.07, 6.45) is 4.07. The van der Waals surface area contributed by atoms with Gasteiger partial charge in [0.1, 0.15) is 0 Å². The third-order valence-electron chi connectivity index (χ3n) is 4.23. The van der Waals surface area contributed by atoms with Crippen LogP contribution in [0.4, 0.5) is 0 Å². The van der Waals surface area contributed by atoms with Gasteiger partial charge in [0.15, 0.2) is 16.4 Å². The second-order valence-corrected chi connectivity index (χ2v) is 8.73. The molecule has 0 radical (unpaired) electrons. The van der Waals surface area contributed by atoms with E-state index in [-0.39, 0.29) is 30.1 Å². The summed E-state index contributed by atoms with van der Waals surface area (Å²) in [4.78, 5) is 25.7. The van der Waals surface area contributed by atoms with Gasteiger partial charge in [-0.25, -0.2) is 13.2 Å². The second-order valence-electron chi connectivity index (χ2n) is 6.50. The summed E-state index contributed by atoms with van der Waals surface area (Å²) in [6, 6.07) is 7.32. The van der Waals surface area contributed by atoms with Gasteiger partial charge in [0.2, 0.25) is 0 Å². The lowest BCUT2D eigenvalue weighted by Crippen LogP contribution is -2.43. The van der Waals surface area contributed by atoms with Gasteiger partial charge in [-0.15, -0.1) is 0 Å². The van der Waals surface area contributed by atoms with Gasteiger partial charge < -0.3 is 9.64 Å². The van der Waals surface area contributed by atoms with Crippen molar-refractivity contribution in [1.29, 1.82) is 0 Å². The molecule has 0 bridgehead atoms.